The average Bonchev–Trinajstić information content (AvgIpc) is 3.14. The molecule has 0 amide bonds. The molecule has 0 heterocycles. The van der Waals surface area contributed by atoms with E-state index in [9.17, 15) is 8.42 Å². The van der Waals surface area contributed by atoms with Crippen LogP contribution in [0.1, 0.15) is 13.3 Å². The summed E-state index contributed by atoms with van der Waals surface area (Å²) < 4.78 is 27.1. The van der Waals surface area contributed by atoms with Crippen molar-refractivity contribution in [2.24, 2.45) is 11.8 Å². The number of hydrogen-bond donors (Lipinski definition) is 1. The molecule has 1 saturated carbocycles. The number of anilines is 1. The Labute approximate surface area is 125 Å². The zero-order valence-electron chi connectivity index (χ0n) is 12.3. The molecule has 0 saturated heterocycles. The van der Waals surface area contributed by atoms with Gasteiger partial charge in [-0.1, -0.05) is 31.2 Å². The van der Waals surface area contributed by atoms with Crippen LogP contribution in [0.2, 0.25) is 0 Å². The van der Waals surface area contributed by atoms with Crippen LogP contribution in [0.5, 0.6) is 0 Å². The largest absolute Gasteiger partial charge is 0.398 e. The fourth-order valence-electron chi connectivity index (χ4n) is 2.77. The number of hydrogen-bond acceptors (Lipinski definition) is 3. The highest BCUT2D eigenvalue weighted by Gasteiger charge is 2.36. The molecule has 0 spiro atoms. The maximum absolute atomic E-state index is 12.8. The van der Waals surface area contributed by atoms with E-state index in [0.717, 1.165) is 11.8 Å². The first-order valence-electron chi connectivity index (χ1n) is 7.15. The van der Waals surface area contributed by atoms with Crippen molar-refractivity contribution < 1.29 is 8.42 Å². The predicted molar refractivity (Wildman–Crippen MR) is 85.4 cm³/mol. The Morgan fingerprint density at radius 2 is 1.81 bits per heavy atom. The van der Waals surface area contributed by atoms with Gasteiger partial charge in [-0.25, -0.2) is 12.7 Å². The SMILES string of the molecule is CC1CC1CN(C)S(=O)(=O)c1ccc(N)c2ccccc12. The number of benzene rings is 2. The number of nitrogen functional groups attached to an aromatic ring is 1. The fourth-order valence-corrected chi connectivity index (χ4v) is 4.19. The first-order chi connectivity index (χ1) is 9.91. The zero-order valence-corrected chi connectivity index (χ0v) is 13.1. The molecule has 0 bridgehead atoms. The van der Waals surface area contributed by atoms with Crippen LogP contribution < -0.4 is 5.73 Å². The molecule has 5 heteroatoms. The summed E-state index contributed by atoms with van der Waals surface area (Å²) in [5.41, 5.74) is 6.54. The predicted octanol–water partition coefficient (Wildman–Crippen LogP) is 2.70. The van der Waals surface area contributed by atoms with E-state index in [2.05, 4.69) is 6.92 Å². The summed E-state index contributed by atoms with van der Waals surface area (Å²) in [6, 6.07) is 10.6. The first-order valence-corrected chi connectivity index (χ1v) is 8.59. The fraction of sp³-hybridized carbons (Fsp3) is 0.375. The molecule has 1 fully saturated rings. The second-order valence-corrected chi connectivity index (χ2v) is 7.97. The van der Waals surface area contributed by atoms with Crippen LogP contribution in [0.15, 0.2) is 41.3 Å². The number of sulfonamides is 1. The molecule has 2 unspecified atom stereocenters. The van der Waals surface area contributed by atoms with Crippen molar-refractivity contribution in [3.63, 3.8) is 0 Å². The van der Waals surface area contributed by atoms with Gasteiger partial charge in [-0.15, -0.1) is 0 Å². The summed E-state index contributed by atoms with van der Waals surface area (Å²) in [6.45, 7) is 2.74. The van der Waals surface area contributed by atoms with E-state index in [-0.39, 0.29) is 0 Å². The highest BCUT2D eigenvalue weighted by molar-refractivity contribution is 7.89. The molecule has 0 radical (unpaired) electrons. The van der Waals surface area contributed by atoms with Crippen LogP contribution in [0.25, 0.3) is 10.8 Å². The normalized spacial score (nSPS) is 21.9. The van der Waals surface area contributed by atoms with Crippen molar-refractivity contribution in [3.8, 4) is 0 Å². The van der Waals surface area contributed by atoms with Gasteiger partial charge in [-0.2, -0.15) is 0 Å². The van der Waals surface area contributed by atoms with Crippen LogP contribution in [-0.2, 0) is 10.0 Å². The van der Waals surface area contributed by atoms with Gasteiger partial charge in [0.25, 0.3) is 0 Å². The second-order valence-electron chi connectivity index (χ2n) is 5.96. The maximum Gasteiger partial charge on any atom is 0.243 e. The van der Waals surface area contributed by atoms with Crippen LogP contribution in [0.3, 0.4) is 0 Å². The van der Waals surface area contributed by atoms with Gasteiger partial charge in [-0.3, -0.25) is 0 Å². The molecule has 0 aromatic heterocycles. The van der Waals surface area contributed by atoms with Gasteiger partial charge in [0.1, 0.15) is 0 Å². The van der Waals surface area contributed by atoms with Gasteiger partial charge in [0.2, 0.25) is 10.0 Å². The third-order valence-corrected chi connectivity index (χ3v) is 6.26. The zero-order chi connectivity index (χ0) is 15.2. The standard InChI is InChI=1S/C16H20N2O2S/c1-11-9-12(11)10-18(2)21(19,20)16-8-7-15(17)13-5-3-4-6-14(13)16/h3-8,11-12H,9-10,17H2,1-2H3. The molecule has 112 valence electrons. The first kappa shape index (κ1) is 14.4. The number of rotatable bonds is 4. The number of fused-ring (bicyclic) bond motifs is 1. The summed E-state index contributed by atoms with van der Waals surface area (Å²) in [7, 11) is -1.82. The van der Waals surface area contributed by atoms with E-state index >= 15 is 0 Å². The van der Waals surface area contributed by atoms with Crippen LogP contribution >= 0.6 is 0 Å². The molecule has 21 heavy (non-hydrogen) atoms. The number of nitrogens with zero attached hydrogens (tertiary/aromatic N) is 1. The van der Waals surface area contributed by atoms with Crippen molar-refractivity contribution in [1.82, 2.24) is 4.31 Å². The Balaban J connectivity index is 2.04. The van der Waals surface area contributed by atoms with Crippen molar-refractivity contribution in [1.29, 1.82) is 0 Å². The van der Waals surface area contributed by atoms with Gasteiger partial charge in [0, 0.05) is 30.1 Å². The van der Waals surface area contributed by atoms with Crippen molar-refractivity contribution >= 4 is 26.5 Å². The summed E-state index contributed by atoms with van der Waals surface area (Å²) in [5, 5.41) is 1.47. The lowest BCUT2D eigenvalue weighted by Gasteiger charge is -2.19. The topological polar surface area (TPSA) is 63.4 Å². The van der Waals surface area contributed by atoms with E-state index < -0.39 is 10.0 Å². The van der Waals surface area contributed by atoms with Crippen LogP contribution in [-0.4, -0.2) is 26.3 Å². The average molecular weight is 304 g/mol. The molecule has 2 atom stereocenters. The summed E-state index contributed by atoms with van der Waals surface area (Å²) >= 11 is 0. The lowest BCUT2D eigenvalue weighted by Crippen LogP contribution is -2.29. The Hall–Kier alpha value is -1.59. The minimum Gasteiger partial charge on any atom is -0.398 e. The van der Waals surface area contributed by atoms with Gasteiger partial charge in [0.05, 0.1) is 4.90 Å². The van der Waals surface area contributed by atoms with Crippen LogP contribution in [0.4, 0.5) is 5.69 Å². The summed E-state index contributed by atoms with van der Waals surface area (Å²) in [6.07, 6.45) is 1.11. The van der Waals surface area contributed by atoms with Crippen molar-refractivity contribution in [2.45, 2.75) is 18.2 Å². The van der Waals surface area contributed by atoms with Gasteiger partial charge < -0.3 is 5.73 Å². The highest BCUT2D eigenvalue weighted by atomic mass is 32.2. The third-order valence-electron chi connectivity index (χ3n) is 4.37. The quantitative estimate of drug-likeness (QED) is 0.883. The minimum atomic E-state index is -3.48. The van der Waals surface area contributed by atoms with E-state index in [1.54, 1.807) is 19.2 Å². The van der Waals surface area contributed by atoms with Gasteiger partial charge in [0.15, 0.2) is 0 Å². The molecule has 2 N–H and O–H groups in total. The Morgan fingerprint density at radius 3 is 2.43 bits per heavy atom. The monoisotopic (exact) mass is 304 g/mol. The molecule has 0 aliphatic heterocycles. The highest BCUT2D eigenvalue weighted by Crippen LogP contribution is 2.39. The Bertz CT molecular complexity index is 786. The van der Waals surface area contributed by atoms with E-state index in [1.165, 1.54) is 4.31 Å². The lowest BCUT2D eigenvalue weighted by atomic mass is 10.1. The molecular weight excluding hydrogens is 284 g/mol. The molecule has 2 aromatic rings. The van der Waals surface area contributed by atoms with E-state index in [4.69, 9.17) is 5.73 Å². The molecule has 4 nitrogen and oxygen atoms in total. The Kier molecular flexibility index (Phi) is 3.42. The van der Waals surface area contributed by atoms with Crippen molar-refractivity contribution in [2.75, 3.05) is 19.3 Å². The van der Waals surface area contributed by atoms with Gasteiger partial charge >= 0.3 is 0 Å². The smallest absolute Gasteiger partial charge is 0.243 e. The van der Waals surface area contributed by atoms with E-state index in [1.807, 2.05) is 24.3 Å². The molecule has 1 aliphatic carbocycles. The summed E-state index contributed by atoms with van der Waals surface area (Å²) in [5.74, 6) is 1.12. The van der Waals surface area contributed by atoms with Crippen molar-refractivity contribution in [3.05, 3.63) is 36.4 Å². The number of nitrogens with two attached hydrogens (primary N) is 1. The Morgan fingerprint density at radius 1 is 1.19 bits per heavy atom. The molecule has 3 rings (SSSR count). The summed E-state index contributed by atoms with van der Waals surface area (Å²) in [4.78, 5) is 0.336. The minimum absolute atomic E-state index is 0.336. The molecule has 2 aromatic carbocycles. The molecular formula is C16H20N2O2S. The second kappa shape index (κ2) is 5.00. The van der Waals surface area contributed by atoms with Gasteiger partial charge in [-0.05, 0) is 30.4 Å². The lowest BCUT2D eigenvalue weighted by molar-refractivity contribution is 0.445. The van der Waals surface area contributed by atoms with Crippen LogP contribution in [0, 0.1) is 11.8 Å². The van der Waals surface area contributed by atoms with E-state index in [0.29, 0.717) is 34.3 Å². The third kappa shape index (κ3) is 2.51. The molecule has 1 aliphatic rings. The maximum atomic E-state index is 12.8.